The van der Waals surface area contributed by atoms with Crippen molar-refractivity contribution in [2.75, 3.05) is 36.8 Å². The lowest BCUT2D eigenvalue weighted by molar-refractivity contribution is -0.148. The van der Waals surface area contributed by atoms with Gasteiger partial charge in [0.05, 0.1) is 27.8 Å². The molecule has 15 heteroatoms. The third kappa shape index (κ3) is 4.57. The number of anilines is 1. The molecule has 0 spiro atoms. The molecule has 2 unspecified atom stereocenters. The van der Waals surface area contributed by atoms with Gasteiger partial charge < -0.3 is 30.2 Å². The van der Waals surface area contributed by atoms with Crippen LogP contribution in [0.3, 0.4) is 0 Å². The Kier molecular flexibility index (Phi) is 6.87. The number of nitrogens with two attached hydrogens (primary N) is 1. The van der Waals surface area contributed by atoms with Gasteiger partial charge in [0.2, 0.25) is 11.3 Å². The maximum Gasteiger partial charge on any atom is 0.511 e. The third-order valence-electron chi connectivity index (χ3n) is 9.19. The fraction of sp³-hybridized carbons (Fsp3) is 0.500. The van der Waals surface area contributed by atoms with E-state index in [1.807, 2.05) is 4.90 Å². The summed E-state index contributed by atoms with van der Waals surface area (Å²) in [5, 5.41) is 18.8. The van der Waals surface area contributed by atoms with Gasteiger partial charge in [0.25, 0.3) is 0 Å². The standard InChI is InChI=1S/C28H29ClFN5O7S/c29-19-22-15(24(36)18(42-28(40)41)10-34(22)14-3-4-14)6-16(30)23(19)33-7-12-2-1-5-32(17(12)9-33)8-13-11-43-26-20(31)25(37)35(26)21(13)27(38)39/h6,10,12,14,17,20,26H,1-5,7-9,11,31H2,(H,38,39)(H,40,41)/t12-,17+,20?,26?/m0/s1. The molecule has 1 saturated carbocycles. The van der Waals surface area contributed by atoms with Crippen LogP contribution in [0.15, 0.2) is 28.3 Å². The molecule has 5 heterocycles. The zero-order valence-electron chi connectivity index (χ0n) is 22.9. The molecule has 4 N–H and O–H groups in total. The number of ether oxygens (including phenoxy) is 1. The van der Waals surface area contributed by atoms with E-state index in [1.165, 1.54) is 22.9 Å². The van der Waals surface area contributed by atoms with Gasteiger partial charge in [-0.15, -0.1) is 11.8 Å². The largest absolute Gasteiger partial charge is 0.511 e. The lowest BCUT2D eigenvalue weighted by Gasteiger charge is -2.48. The SMILES string of the molecule is NC1C(=O)N2C(C(=O)O)=C(CN3CCC[C@H]4CN(c5c(F)cc6c(=O)c(OC(=O)O)cn(C7CC7)c6c5Cl)C[C@H]43)CSC12. The van der Waals surface area contributed by atoms with Crippen molar-refractivity contribution >= 4 is 58.0 Å². The Morgan fingerprint density at radius 1 is 1.19 bits per heavy atom. The van der Waals surface area contributed by atoms with E-state index in [-0.39, 0.29) is 51.1 Å². The summed E-state index contributed by atoms with van der Waals surface area (Å²) in [6.07, 6.45) is 3.11. The number of β-lactam (4-membered cyclic amide) rings is 1. The monoisotopic (exact) mass is 633 g/mol. The molecule has 1 aliphatic carbocycles. The second kappa shape index (κ2) is 10.4. The van der Waals surface area contributed by atoms with E-state index < -0.39 is 35.2 Å². The summed E-state index contributed by atoms with van der Waals surface area (Å²) in [7, 11) is 0. The number of halogens is 2. The van der Waals surface area contributed by atoms with Gasteiger partial charge in [-0.2, -0.15) is 0 Å². The van der Waals surface area contributed by atoms with Gasteiger partial charge >= 0.3 is 12.1 Å². The fourth-order valence-electron chi connectivity index (χ4n) is 7.10. The molecule has 0 radical (unpaired) electrons. The molecule has 228 valence electrons. The predicted molar refractivity (Wildman–Crippen MR) is 156 cm³/mol. The quantitative estimate of drug-likeness (QED) is 0.317. The number of hydrogen-bond donors (Lipinski definition) is 3. The summed E-state index contributed by atoms with van der Waals surface area (Å²) in [6.45, 7) is 2.07. The molecule has 7 rings (SSSR count). The maximum atomic E-state index is 15.8. The number of aromatic nitrogens is 1. The lowest BCUT2D eigenvalue weighted by atomic mass is 9.91. The van der Waals surface area contributed by atoms with E-state index in [9.17, 15) is 24.3 Å². The number of hydrogen-bond acceptors (Lipinski definition) is 9. The average molecular weight is 634 g/mol. The Morgan fingerprint density at radius 2 is 1.95 bits per heavy atom. The molecule has 12 nitrogen and oxygen atoms in total. The molecule has 43 heavy (non-hydrogen) atoms. The van der Waals surface area contributed by atoms with E-state index in [4.69, 9.17) is 27.2 Å². The Bertz CT molecular complexity index is 1680. The molecule has 0 bridgehead atoms. The molecule has 2 aromatic rings. The van der Waals surface area contributed by atoms with Gasteiger partial charge in [-0.05, 0) is 49.8 Å². The predicted octanol–water partition coefficient (Wildman–Crippen LogP) is 2.67. The van der Waals surface area contributed by atoms with Crippen LogP contribution in [0.5, 0.6) is 5.75 Å². The van der Waals surface area contributed by atoms with Gasteiger partial charge in [0.15, 0.2) is 5.75 Å². The Labute approximate surface area is 253 Å². The molecule has 1 aromatic heterocycles. The summed E-state index contributed by atoms with van der Waals surface area (Å²) >= 11 is 8.37. The number of carbonyl (C=O) groups is 3. The van der Waals surface area contributed by atoms with Crippen LogP contribution in [0.4, 0.5) is 14.9 Å². The highest BCUT2D eigenvalue weighted by molar-refractivity contribution is 8.00. The van der Waals surface area contributed by atoms with Crippen molar-refractivity contribution in [2.45, 2.75) is 49.2 Å². The minimum atomic E-state index is -1.64. The first kappa shape index (κ1) is 28.4. The third-order valence-corrected chi connectivity index (χ3v) is 10.9. The number of fused-ring (bicyclic) bond motifs is 3. The zero-order chi connectivity index (χ0) is 30.3. The van der Waals surface area contributed by atoms with Crippen LogP contribution in [0.1, 0.15) is 31.7 Å². The van der Waals surface area contributed by atoms with Crippen molar-refractivity contribution in [2.24, 2.45) is 11.7 Å². The highest BCUT2D eigenvalue weighted by Gasteiger charge is 2.52. The topological polar surface area (TPSA) is 159 Å². The maximum absolute atomic E-state index is 15.8. The normalized spacial score (nSPS) is 27.3. The molecule has 5 aliphatic rings. The van der Waals surface area contributed by atoms with Crippen LogP contribution in [-0.2, 0) is 9.59 Å². The first-order valence-electron chi connectivity index (χ1n) is 14.2. The molecular weight excluding hydrogens is 605 g/mol. The Morgan fingerprint density at radius 3 is 2.65 bits per heavy atom. The van der Waals surface area contributed by atoms with Gasteiger partial charge in [-0.1, -0.05) is 11.6 Å². The van der Waals surface area contributed by atoms with Crippen LogP contribution in [-0.4, -0.2) is 92.0 Å². The number of piperidine rings is 1. The second-order valence-electron chi connectivity index (χ2n) is 11.8. The number of likely N-dealkylation sites (tertiary alicyclic amines) is 1. The first-order valence-corrected chi connectivity index (χ1v) is 15.6. The number of benzene rings is 1. The average Bonchev–Trinajstić information content (AvgIpc) is 3.72. The highest BCUT2D eigenvalue weighted by atomic mass is 35.5. The molecule has 4 fully saturated rings. The highest BCUT2D eigenvalue weighted by Crippen LogP contribution is 2.45. The van der Waals surface area contributed by atoms with Gasteiger partial charge in [-0.25, -0.2) is 14.0 Å². The Hall–Kier alpha value is -3.33. The number of nitrogens with zero attached hydrogens (tertiary/aromatic N) is 4. The first-order chi connectivity index (χ1) is 20.5. The van der Waals surface area contributed by atoms with Crippen molar-refractivity contribution in [3.05, 3.63) is 44.6 Å². The molecule has 1 aromatic carbocycles. The van der Waals surface area contributed by atoms with Crippen molar-refractivity contribution in [3.8, 4) is 5.75 Å². The van der Waals surface area contributed by atoms with E-state index in [0.29, 0.717) is 36.5 Å². The van der Waals surface area contributed by atoms with Crippen LogP contribution in [0.2, 0.25) is 5.02 Å². The lowest BCUT2D eigenvalue weighted by Crippen LogP contribution is -2.68. The number of amides is 1. The van der Waals surface area contributed by atoms with Gasteiger partial charge in [0.1, 0.15) is 22.9 Å². The van der Waals surface area contributed by atoms with Gasteiger partial charge in [0, 0.05) is 37.5 Å². The smallest absolute Gasteiger partial charge is 0.477 e. The molecule has 1 amide bonds. The van der Waals surface area contributed by atoms with Crippen LogP contribution >= 0.6 is 23.4 Å². The van der Waals surface area contributed by atoms with Crippen molar-refractivity contribution in [1.82, 2.24) is 14.4 Å². The number of aliphatic carboxylic acids is 1. The van der Waals surface area contributed by atoms with E-state index >= 15 is 4.39 Å². The molecule has 4 atom stereocenters. The van der Waals surface area contributed by atoms with Crippen molar-refractivity contribution in [3.63, 3.8) is 0 Å². The molecular formula is C28H29ClFN5O7S. The van der Waals surface area contributed by atoms with Crippen molar-refractivity contribution in [1.29, 1.82) is 0 Å². The van der Waals surface area contributed by atoms with E-state index in [2.05, 4.69) is 4.90 Å². The van der Waals surface area contributed by atoms with E-state index in [0.717, 1.165) is 38.3 Å². The summed E-state index contributed by atoms with van der Waals surface area (Å²) < 4.78 is 22.2. The Balaban J connectivity index is 1.21. The summed E-state index contributed by atoms with van der Waals surface area (Å²) in [4.78, 5) is 54.3. The number of pyridine rings is 1. The number of thioether (sulfide) groups is 1. The zero-order valence-corrected chi connectivity index (χ0v) is 24.4. The van der Waals surface area contributed by atoms with Crippen LogP contribution in [0, 0.1) is 11.7 Å². The number of rotatable bonds is 6. The minimum absolute atomic E-state index is 0.00324. The summed E-state index contributed by atoms with van der Waals surface area (Å²) in [5.41, 5.74) is 6.36. The number of carbonyl (C=O) groups excluding carboxylic acids is 1. The number of carboxylic acids is 1. The minimum Gasteiger partial charge on any atom is -0.477 e. The van der Waals surface area contributed by atoms with Crippen LogP contribution < -0.4 is 20.8 Å². The van der Waals surface area contributed by atoms with E-state index in [1.54, 1.807) is 4.57 Å². The van der Waals surface area contributed by atoms with Crippen LogP contribution in [0.25, 0.3) is 10.9 Å². The number of carboxylic acid groups (broad SMARTS) is 2. The molecule has 3 saturated heterocycles. The second-order valence-corrected chi connectivity index (χ2v) is 13.3. The summed E-state index contributed by atoms with van der Waals surface area (Å²) in [5.74, 6) is -1.99. The van der Waals surface area contributed by atoms with Crippen molar-refractivity contribution < 1.29 is 33.7 Å². The van der Waals surface area contributed by atoms with Gasteiger partial charge in [-0.3, -0.25) is 19.4 Å². The summed E-state index contributed by atoms with van der Waals surface area (Å²) in [6, 6.07) is 0.402. The molecule has 4 aliphatic heterocycles. The fourth-order valence-corrected chi connectivity index (χ4v) is 8.79.